The zero-order valence-corrected chi connectivity index (χ0v) is 8.80. The lowest BCUT2D eigenvalue weighted by Gasteiger charge is -2.20. The predicted molar refractivity (Wildman–Crippen MR) is 56.0 cm³/mol. The molecule has 5 heteroatoms. The highest BCUT2D eigenvalue weighted by Crippen LogP contribution is 2.24. The second-order valence-electron chi connectivity index (χ2n) is 3.34. The fraction of sp³-hybridized carbons (Fsp3) is 0.444. The maximum absolute atomic E-state index is 11.2. The summed E-state index contributed by atoms with van der Waals surface area (Å²) in [6.45, 7) is 5.11. The maximum atomic E-state index is 11.2. The van der Waals surface area contributed by atoms with Gasteiger partial charge in [0.15, 0.2) is 5.01 Å². The molecule has 0 atom stereocenters. The highest BCUT2D eigenvalue weighted by molar-refractivity contribution is 7.13. The van der Waals surface area contributed by atoms with Gasteiger partial charge in [0, 0.05) is 24.4 Å². The van der Waals surface area contributed by atoms with E-state index < -0.39 is 0 Å². The first kappa shape index (κ1) is 9.48. The molecule has 0 N–H and O–H groups in total. The zero-order chi connectivity index (χ0) is 10.1. The molecule has 74 valence electrons. The van der Waals surface area contributed by atoms with Gasteiger partial charge in [0.1, 0.15) is 0 Å². The average Bonchev–Trinajstić information content (AvgIpc) is 2.59. The molecule has 14 heavy (non-hydrogen) atoms. The zero-order valence-electron chi connectivity index (χ0n) is 7.99. The van der Waals surface area contributed by atoms with Gasteiger partial charge in [-0.05, 0) is 13.8 Å². The number of fused-ring (bicyclic) bond motifs is 1. The van der Waals surface area contributed by atoms with Gasteiger partial charge in [-0.1, -0.05) is 0 Å². The van der Waals surface area contributed by atoms with Crippen LogP contribution in [0.4, 0.5) is 0 Å². The van der Waals surface area contributed by atoms with Crippen LogP contribution in [0.25, 0.3) is 0 Å². The molecule has 1 aliphatic rings. The minimum atomic E-state index is -0.313. The molecule has 4 nitrogen and oxygen atoms in total. The molecule has 0 saturated heterocycles. The first-order valence-corrected chi connectivity index (χ1v) is 5.20. The Morgan fingerprint density at radius 1 is 1.71 bits per heavy atom. The highest BCUT2D eigenvalue weighted by atomic mass is 32.1. The summed E-state index contributed by atoms with van der Waals surface area (Å²) < 4.78 is 0. The summed E-state index contributed by atoms with van der Waals surface area (Å²) in [4.78, 5) is 22.3. The number of hydrogen-bond acceptors (Lipinski definition) is 4. The molecule has 1 aromatic heterocycles. The number of hydrogen-bond donors (Lipinski definition) is 0. The third-order valence-electron chi connectivity index (χ3n) is 2.25. The van der Waals surface area contributed by atoms with Crippen LogP contribution in [0, 0.1) is 0 Å². The molecule has 1 amide bonds. The molecule has 1 aliphatic heterocycles. The van der Waals surface area contributed by atoms with E-state index in [1.807, 2.05) is 0 Å². The van der Waals surface area contributed by atoms with Gasteiger partial charge in [0.2, 0.25) is 0 Å². The summed E-state index contributed by atoms with van der Waals surface area (Å²) >= 11 is 1.44. The molecule has 0 unspecified atom stereocenters. The van der Waals surface area contributed by atoms with Crippen molar-refractivity contribution in [3.05, 3.63) is 15.6 Å². The fourth-order valence-corrected chi connectivity index (χ4v) is 2.57. The van der Waals surface area contributed by atoms with Crippen LogP contribution in [0.15, 0.2) is 4.99 Å². The smallest absolute Gasteiger partial charge is 0.301 e. The van der Waals surface area contributed by atoms with Crippen LogP contribution in [-0.4, -0.2) is 36.1 Å². The Labute approximate surface area is 86.3 Å². The van der Waals surface area contributed by atoms with Gasteiger partial charge in [-0.2, -0.15) is 0 Å². The molecule has 0 fully saturated rings. The third kappa shape index (κ3) is 1.60. The largest absolute Gasteiger partial charge is 0.305 e. The van der Waals surface area contributed by atoms with E-state index >= 15 is 0 Å². The average molecular weight is 209 g/mol. The summed E-state index contributed by atoms with van der Waals surface area (Å²) in [6, 6.07) is 0. The molecule has 0 bridgehead atoms. The van der Waals surface area contributed by atoms with Gasteiger partial charge in [-0.3, -0.25) is 4.79 Å². The number of aromatic nitrogens is 1. The number of rotatable bonds is 1. The lowest BCUT2D eigenvalue weighted by molar-refractivity contribution is 0.100. The van der Waals surface area contributed by atoms with Crippen molar-refractivity contribution in [1.82, 2.24) is 9.88 Å². The molecule has 0 spiro atoms. The van der Waals surface area contributed by atoms with E-state index in [9.17, 15) is 4.79 Å². The van der Waals surface area contributed by atoms with Crippen LogP contribution >= 0.6 is 11.3 Å². The monoisotopic (exact) mass is 209 g/mol. The Morgan fingerprint density at radius 3 is 3.21 bits per heavy atom. The van der Waals surface area contributed by atoms with Gasteiger partial charge < -0.3 is 4.90 Å². The van der Waals surface area contributed by atoms with Crippen LogP contribution < -0.4 is 0 Å². The number of aliphatic imine (C=N–C) groups is 1. The molecule has 0 radical (unpaired) electrons. The molecular formula is C9H11N3OS. The number of amides is 1. The standard InChI is InChI=1S/C9H11N3OS/c1-10-8(13)9-11-6-3-4-12(2)5-7(6)14-9/h1,3-5H2,2H3. The van der Waals surface area contributed by atoms with Crippen LogP contribution in [0.2, 0.25) is 0 Å². The Morgan fingerprint density at radius 2 is 2.50 bits per heavy atom. The van der Waals surface area contributed by atoms with Crippen molar-refractivity contribution < 1.29 is 4.79 Å². The minimum absolute atomic E-state index is 0.313. The first-order chi connectivity index (χ1) is 6.70. The Balaban J connectivity index is 2.32. The van der Waals surface area contributed by atoms with E-state index in [0.717, 1.165) is 25.2 Å². The van der Waals surface area contributed by atoms with Crippen molar-refractivity contribution >= 4 is 24.0 Å². The third-order valence-corrected chi connectivity index (χ3v) is 3.32. The van der Waals surface area contributed by atoms with Crippen molar-refractivity contribution in [2.45, 2.75) is 13.0 Å². The summed E-state index contributed by atoms with van der Waals surface area (Å²) in [6.07, 6.45) is 0.923. The van der Waals surface area contributed by atoms with Gasteiger partial charge >= 0.3 is 5.91 Å². The van der Waals surface area contributed by atoms with E-state index in [-0.39, 0.29) is 5.91 Å². The lowest BCUT2D eigenvalue weighted by Crippen LogP contribution is -2.25. The van der Waals surface area contributed by atoms with Gasteiger partial charge in [-0.15, -0.1) is 11.3 Å². The highest BCUT2D eigenvalue weighted by Gasteiger charge is 2.20. The van der Waals surface area contributed by atoms with Crippen molar-refractivity contribution in [1.29, 1.82) is 0 Å². The van der Waals surface area contributed by atoms with Crippen LogP contribution in [0.3, 0.4) is 0 Å². The van der Waals surface area contributed by atoms with Gasteiger partial charge in [0.25, 0.3) is 0 Å². The topological polar surface area (TPSA) is 45.6 Å². The number of nitrogens with zero attached hydrogens (tertiary/aromatic N) is 3. The van der Waals surface area contributed by atoms with E-state index in [0.29, 0.717) is 5.01 Å². The molecule has 1 aromatic rings. The Kier molecular flexibility index (Phi) is 2.43. The van der Waals surface area contributed by atoms with Crippen LogP contribution in [-0.2, 0) is 13.0 Å². The predicted octanol–water partition coefficient (Wildman–Crippen LogP) is 0.972. The number of carbonyl (C=O) groups is 1. The van der Waals surface area contributed by atoms with Crippen molar-refractivity contribution in [2.24, 2.45) is 4.99 Å². The van der Waals surface area contributed by atoms with Crippen molar-refractivity contribution in [3.63, 3.8) is 0 Å². The van der Waals surface area contributed by atoms with E-state index in [2.05, 4.69) is 28.6 Å². The SMILES string of the molecule is C=NC(=O)c1nc2c(s1)CN(C)CC2. The first-order valence-electron chi connectivity index (χ1n) is 4.39. The lowest BCUT2D eigenvalue weighted by atomic mass is 10.2. The van der Waals surface area contributed by atoms with Crippen LogP contribution in [0.5, 0.6) is 0 Å². The number of likely N-dealkylation sites (N-methyl/N-ethyl adjacent to an activating group) is 1. The Hall–Kier alpha value is -1.07. The minimum Gasteiger partial charge on any atom is -0.301 e. The molecule has 0 aliphatic carbocycles. The van der Waals surface area contributed by atoms with Gasteiger partial charge in [0.05, 0.1) is 5.69 Å². The summed E-state index contributed by atoms with van der Waals surface area (Å²) in [5, 5.41) is 0.473. The maximum Gasteiger partial charge on any atom is 0.305 e. The number of carbonyl (C=O) groups excluding carboxylic acids is 1. The normalized spacial score (nSPS) is 16.4. The van der Waals surface area contributed by atoms with Crippen molar-refractivity contribution in [3.8, 4) is 0 Å². The summed E-state index contributed by atoms with van der Waals surface area (Å²) in [5.74, 6) is -0.313. The van der Waals surface area contributed by atoms with E-state index in [1.165, 1.54) is 16.2 Å². The van der Waals surface area contributed by atoms with E-state index in [4.69, 9.17) is 0 Å². The summed E-state index contributed by atoms with van der Waals surface area (Å²) in [7, 11) is 2.07. The molecular weight excluding hydrogens is 198 g/mol. The quantitative estimate of drug-likeness (QED) is 0.647. The van der Waals surface area contributed by atoms with Gasteiger partial charge in [-0.25, -0.2) is 9.98 Å². The van der Waals surface area contributed by atoms with Crippen LogP contribution in [0.1, 0.15) is 20.4 Å². The van der Waals surface area contributed by atoms with Crippen molar-refractivity contribution in [2.75, 3.05) is 13.6 Å². The molecule has 2 rings (SSSR count). The second-order valence-corrected chi connectivity index (χ2v) is 4.42. The number of thiazole rings is 1. The van der Waals surface area contributed by atoms with E-state index in [1.54, 1.807) is 0 Å². The second kappa shape index (κ2) is 3.59. The fourth-order valence-electron chi connectivity index (χ4n) is 1.48. The Bertz CT molecular complexity index is 385. The molecule has 2 heterocycles. The molecule has 0 aromatic carbocycles. The molecule has 0 saturated carbocycles. The summed E-state index contributed by atoms with van der Waals surface area (Å²) in [5.41, 5.74) is 1.06.